The number of ether oxygens (including phenoxy) is 1. The number of morpholine rings is 1. The average Bonchev–Trinajstić information content (AvgIpc) is 3.22. The van der Waals surface area contributed by atoms with Crippen LogP contribution in [0.5, 0.6) is 0 Å². The molecule has 2 aromatic rings. The summed E-state index contributed by atoms with van der Waals surface area (Å²) in [5, 5.41) is 5.16. The third-order valence-electron chi connectivity index (χ3n) is 4.64. The first-order valence-corrected chi connectivity index (χ1v) is 8.01. The van der Waals surface area contributed by atoms with Crippen molar-refractivity contribution in [3.63, 3.8) is 0 Å². The SMILES string of the molecule is Cn1ncc2c(N3CCCC3C(=O)N3CCOCC3)ncnc21. The number of hydrogen-bond donors (Lipinski definition) is 0. The van der Waals surface area contributed by atoms with Gasteiger partial charge in [0.2, 0.25) is 5.91 Å². The fraction of sp³-hybridized carbons (Fsp3) is 0.600. The van der Waals surface area contributed by atoms with Gasteiger partial charge in [0, 0.05) is 26.7 Å². The summed E-state index contributed by atoms with van der Waals surface area (Å²) in [4.78, 5) is 25.6. The van der Waals surface area contributed by atoms with Crippen LogP contribution in [0.3, 0.4) is 0 Å². The zero-order valence-corrected chi connectivity index (χ0v) is 13.2. The molecule has 0 saturated carbocycles. The topological polar surface area (TPSA) is 76.4 Å². The van der Waals surface area contributed by atoms with Gasteiger partial charge >= 0.3 is 0 Å². The minimum atomic E-state index is -0.147. The lowest BCUT2D eigenvalue weighted by Gasteiger charge is -2.33. The first kappa shape index (κ1) is 14.4. The van der Waals surface area contributed by atoms with Crippen molar-refractivity contribution in [1.29, 1.82) is 0 Å². The molecular formula is C15H20N6O2. The van der Waals surface area contributed by atoms with Crippen LogP contribution in [0.2, 0.25) is 0 Å². The van der Waals surface area contributed by atoms with Crippen molar-refractivity contribution in [2.24, 2.45) is 7.05 Å². The number of carbonyl (C=O) groups is 1. The normalized spacial score (nSPS) is 22.0. The number of hydrogen-bond acceptors (Lipinski definition) is 6. The number of nitrogens with zero attached hydrogens (tertiary/aromatic N) is 6. The summed E-state index contributed by atoms with van der Waals surface area (Å²) >= 11 is 0. The first-order valence-electron chi connectivity index (χ1n) is 8.01. The van der Waals surface area contributed by atoms with E-state index >= 15 is 0 Å². The molecule has 0 spiro atoms. The summed E-state index contributed by atoms with van der Waals surface area (Å²) < 4.78 is 7.08. The maximum atomic E-state index is 12.9. The number of fused-ring (bicyclic) bond motifs is 1. The maximum absolute atomic E-state index is 12.9. The van der Waals surface area contributed by atoms with E-state index in [2.05, 4.69) is 20.0 Å². The van der Waals surface area contributed by atoms with Crippen LogP contribution in [0.1, 0.15) is 12.8 Å². The Bertz CT molecular complexity index is 724. The van der Waals surface area contributed by atoms with Gasteiger partial charge in [-0.25, -0.2) is 9.97 Å². The summed E-state index contributed by atoms with van der Waals surface area (Å²) in [5.74, 6) is 0.994. The monoisotopic (exact) mass is 316 g/mol. The molecule has 1 atom stereocenters. The molecule has 0 bridgehead atoms. The van der Waals surface area contributed by atoms with Crippen LogP contribution in [0, 0.1) is 0 Å². The minimum Gasteiger partial charge on any atom is -0.378 e. The van der Waals surface area contributed by atoms with E-state index in [9.17, 15) is 4.79 Å². The minimum absolute atomic E-state index is 0.147. The Labute approximate surface area is 134 Å². The van der Waals surface area contributed by atoms with Crippen molar-refractivity contribution in [2.45, 2.75) is 18.9 Å². The molecule has 0 aromatic carbocycles. The maximum Gasteiger partial charge on any atom is 0.245 e. The number of aryl methyl sites for hydroxylation is 1. The van der Waals surface area contributed by atoms with Crippen LogP contribution in [0.4, 0.5) is 5.82 Å². The summed E-state index contributed by atoms with van der Waals surface area (Å²) in [5.41, 5.74) is 0.791. The van der Waals surface area contributed by atoms with Gasteiger partial charge in [0.15, 0.2) is 5.65 Å². The zero-order chi connectivity index (χ0) is 15.8. The molecule has 0 aliphatic carbocycles. The van der Waals surface area contributed by atoms with E-state index in [1.165, 1.54) is 0 Å². The fourth-order valence-corrected chi connectivity index (χ4v) is 3.45. The Morgan fingerprint density at radius 1 is 1.26 bits per heavy atom. The molecule has 2 saturated heterocycles. The van der Waals surface area contributed by atoms with Crippen molar-refractivity contribution in [3.8, 4) is 0 Å². The lowest BCUT2D eigenvalue weighted by atomic mass is 10.1. The highest BCUT2D eigenvalue weighted by molar-refractivity contribution is 5.92. The van der Waals surface area contributed by atoms with E-state index in [4.69, 9.17) is 4.74 Å². The summed E-state index contributed by atoms with van der Waals surface area (Å²) in [6.07, 6.45) is 5.18. The molecule has 0 N–H and O–H groups in total. The molecule has 2 aliphatic heterocycles. The number of rotatable bonds is 2. The van der Waals surface area contributed by atoms with E-state index < -0.39 is 0 Å². The molecule has 8 heteroatoms. The zero-order valence-electron chi connectivity index (χ0n) is 13.2. The van der Waals surface area contributed by atoms with Crippen LogP contribution in [0.25, 0.3) is 11.0 Å². The molecule has 2 aliphatic rings. The molecule has 0 radical (unpaired) electrons. The van der Waals surface area contributed by atoms with Crippen LogP contribution in [-0.2, 0) is 16.6 Å². The molecule has 122 valence electrons. The second-order valence-corrected chi connectivity index (χ2v) is 5.99. The fourth-order valence-electron chi connectivity index (χ4n) is 3.45. The van der Waals surface area contributed by atoms with Crippen LogP contribution in [-0.4, -0.2) is 69.4 Å². The van der Waals surface area contributed by atoms with Gasteiger partial charge < -0.3 is 14.5 Å². The highest BCUT2D eigenvalue weighted by Gasteiger charge is 2.36. The number of aromatic nitrogens is 4. The van der Waals surface area contributed by atoms with Crippen molar-refractivity contribution >= 4 is 22.8 Å². The molecule has 2 fully saturated rings. The van der Waals surface area contributed by atoms with Crippen molar-refractivity contribution in [3.05, 3.63) is 12.5 Å². The van der Waals surface area contributed by atoms with Crippen molar-refractivity contribution in [1.82, 2.24) is 24.6 Å². The van der Waals surface area contributed by atoms with Crippen LogP contribution < -0.4 is 4.90 Å². The smallest absolute Gasteiger partial charge is 0.245 e. The molecule has 2 aromatic heterocycles. The lowest BCUT2D eigenvalue weighted by Crippen LogP contribution is -2.50. The molecule has 4 rings (SSSR count). The van der Waals surface area contributed by atoms with Gasteiger partial charge in [-0.15, -0.1) is 0 Å². The summed E-state index contributed by atoms with van der Waals surface area (Å²) in [6, 6.07) is -0.147. The highest BCUT2D eigenvalue weighted by Crippen LogP contribution is 2.30. The second-order valence-electron chi connectivity index (χ2n) is 5.99. The van der Waals surface area contributed by atoms with Crippen molar-refractivity contribution in [2.75, 3.05) is 37.7 Å². The highest BCUT2D eigenvalue weighted by atomic mass is 16.5. The summed E-state index contributed by atoms with van der Waals surface area (Å²) in [6.45, 7) is 3.43. The van der Waals surface area contributed by atoms with Gasteiger partial charge in [-0.3, -0.25) is 9.48 Å². The van der Waals surface area contributed by atoms with Gasteiger partial charge in [-0.1, -0.05) is 0 Å². The Morgan fingerprint density at radius 3 is 2.91 bits per heavy atom. The molecule has 8 nitrogen and oxygen atoms in total. The third-order valence-corrected chi connectivity index (χ3v) is 4.64. The Morgan fingerprint density at radius 2 is 2.09 bits per heavy atom. The van der Waals surface area contributed by atoms with Crippen molar-refractivity contribution < 1.29 is 9.53 Å². The summed E-state index contributed by atoms with van der Waals surface area (Å²) in [7, 11) is 1.86. The molecule has 23 heavy (non-hydrogen) atoms. The van der Waals surface area contributed by atoms with Gasteiger partial charge in [0.05, 0.1) is 24.8 Å². The average molecular weight is 316 g/mol. The standard InChI is InChI=1S/C15H20N6O2/c1-19-13-11(9-18-19)14(17-10-16-13)21-4-2-3-12(21)15(22)20-5-7-23-8-6-20/h9-10,12H,2-8H2,1H3. The third kappa shape index (κ3) is 2.42. The van der Waals surface area contributed by atoms with E-state index in [-0.39, 0.29) is 11.9 Å². The predicted molar refractivity (Wildman–Crippen MR) is 84.1 cm³/mol. The first-order chi connectivity index (χ1) is 11.3. The molecule has 1 unspecified atom stereocenters. The Balaban J connectivity index is 1.65. The predicted octanol–water partition coefficient (Wildman–Crippen LogP) is 0.191. The van der Waals surface area contributed by atoms with E-state index in [1.807, 2.05) is 11.9 Å². The Kier molecular flexibility index (Phi) is 3.60. The van der Waals surface area contributed by atoms with E-state index in [0.29, 0.717) is 26.3 Å². The van der Waals surface area contributed by atoms with E-state index in [0.717, 1.165) is 36.2 Å². The van der Waals surface area contributed by atoms with Gasteiger partial charge in [0.1, 0.15) is 18.2 Å². The number of carbonyl (C=O) groups excluding carboxylic acids is 1. The quantitative estimate of drug-likeness (QED) is 0.787. The van der Waals surface area contributed by atoms with Crippen LogP contribution in [0.15, 0.2) is 12.5 Å². The van der Waals surface area contributed by atoms with E-state index in [1.54, 1.807) is 17.2 Å². The van der Waals surface area contributed by atoms with Gasteiger partial charge in [0.25, 0.3) is 0 Å². The van der Waals surface area contributed by atoms with Crippen LogP contribution >= 0.6 is 0 Å². The number of amides is 1. The number of anilines is 1. The Hall–Kier alpha value is -2.22. The molecule has 1 amide bonds. The second kappa shape index (κ2) is 5.77. The largest absolute Gasteiger partial charge is 0.378 e. The molecule has 4 heterocycles. The van der Waals surface area contributed by atoms with Gasteiger partial charge in [-0.05, 0) is 12.8 Å². The lowest BCUT2D eigenvalue weighted by molar-refractivity contribution is -0.136. The molecular weight excluding hydrogens is 296 g/mol. The van der Waals surface area contributed by atoms with Gasteiger partial charge in [-0.2, -0.15) is 5.10 Å².